The maximum atomic E-state index is 11.7. The Bertz CT molecular complexity index is 244. The fourth-order valence-corrected chi connectivity index (χ4v) is 1.75. The largest absolute Gasteiger partial charge is 0.318 e. The third kappa shape index (κ3) is 4.04. The third-order valence-corrected chi connectivity index (χ3v) is 2.58. The van der Waals surface area contributed by atoms with E-state index in [1.807, 2.05) is 7.05 Å². The molecule has 0 radical (unpaired) electrons. The third-order valence-electron chi connectivity index (χ3n) is 2.58. The first kappa shape index (κ1) is 14.2. The van der Waals surface area contributed by atoms with E-state index in [0.717, 1.165) is 12.1 Å². The molecule has 0 aromatic heterocycles. The molecular formula is C12H24N2O. The van der Waals surface area contributed by atoms with Gasteiger partial charge in [-0.3, -0.25) is 4.79 Å². The number of nitrogens with zero attached hydrogens (tertiary/aromatic N) is 1. The molecule has 0 saturated carbocycles. The molecule has 0 heterocycles. The van der Waals surface area contributed by atoms with E-state index in [-0.39, 0.29) is 5.91 Å². The fraction of sp³-hybridized carbons (Fsp3) is 0.750. The van der Waals surface area contributed by atoms with Crippen LogP contribution in [-0.4, -0.2) is 31.4 Å². The van der Waals surface area contributed by atoms with Crippen molar-refractivity contribution in [3.63, 3.8) is 0 Å². The fourth-order valence-electron chi connectivity index (χ4n) is 1.75. The van der Waals surface area contributed by atoms with Gasteiger partial charge in [0.2, 0.25) is 5.91 Å². The van der Waals surface area contributed by atoms with Crippen LogP contribution in [0, 0.1) is 5.92 Å². The van der Waals surface area contributed by atoms with Crippen molar-refractivity contribution in [3.8, 4) is 0 Å². The van der Waals surface area contributed by atoms with Crippen LogP contribution in [0.15, 0.2) is 11.3 Å². The lowest BCUT2D eigenvalue weighted by Gasteiger charge is -2.26. The Labute approximate surface area is 93.5 Å². The highest BCUT2D eigenvalue weighted by Crippen LogP contribution is 2.20. The summed E-state index contributed by atoms with van der Waals surface area (Å²) in [5.74, 6) is 0.504. The Balaban J connectivity index is 4.87. The lowest BCUT2D eigenvalue weighted by Crippen LogP contribution is -2.35. The summed E-state index contributed by atoms with van der Waals surface area (Å²) in [7, 11) is 3.64. The van der Waals surface area contributed by atoms with Gasteiger partial charge >= 0.3 is 0 Å². The zero-order valence-corrected chi connectivity index (χ0v) is 10.8. The van der Waals surface area contributed by atoms with Gasteiger partial charge in [0.05, 0.1) is 6.54 Å². The Morgan fingerprint density at radius 2 is 1.93 bits per heavy atom. The topological polar surface area (TPSA) is 32.3 Å². The van der Waals surface area contributed by atoms with E-state index in [2.05, 4.69) is 33.0 Å². The molecule has 3 nitrogen and oxygen atoms in total. The molecule has 0 bridgehead atoms. The molecule has 0 aliphatic rings. The summed E-state index contributed by atoms with van der Waals surface area (Å²) in [6, 6.07) is 0. The van der Waals surface area contributed by atoms with Crippen LogP contribution in [0.1, 0.15) is 34.1 Å². The van der Waals surface area contributed by atoms with E-state index >= 15 is 0 Å². The second-order valence-corrected chi connectivity index (χ2v) is 4.16. The van der Waals surface area contributed by atoms with E-state index in [0.29, 0.717) is 12.5 Å². The molecule has 0 aliphatic carbocycles. The number of rotatable bonds is 5. The molecule has 0 saturated heterocycles. The van der Waals surface area contributed by atoms with Gasteiger partial charge in [0.15, 0.2) is 0 Å². The summed E-state index contributed by atoms with van der Waals surface area (Å²) in [6.07, 6.45) is 0.991. The smallest absolute Gasteiger partial charge is 0.240 e. The van der Waals surface area contributed by atoms with Gasteiger partial charge in [0, 0.05) is 12.7 Å². The van der Waals surface area contributed by atoms with Gasteiger partial charge in [-0.25, -0.2) is 0 Å². The van der Waals surface area contributed by atoms with Crippen molar-refractivity contribution in [1.82, 2.24) is 10.2 Å². The molecule has 0 atom stereocenters. The first-order valence-corrected chi connectivity index (χ1v) is 5.56. The number of carbonyl (C=O) groups excluding carboxylic acids is 1. The standard InChI is InChI=1S/C12H24N2O/c1-7-10(4)12(9(2)3)14(6)11(15)8-13-5/h9,13H,7-8H2,1-6H3. The summed E-state index contributed by atoms with van der Waals surface area (Å²) in [5.41, 5.74) is 2.44. The summed E-state index contributed by atoms with van der Waals surface area (Å²) in [6.45, 7) is 8.85. The summed E-state index contributed by atoms with van der Waals surface area (Å²) in [4.78, 5) is 13.5. The van der Waals surface area contributed by atoms with E-state index < -0.39 is 0 Å². The van der Waals surface area contributed by atoms with Crippen LogP contribution in [0.25, 0.3) is 0 Å². The van der Waals surface area contributed by atoms with Crippen molar-refractivity contribution < 1.29 is 4.79 Å². The van der Waals surface area contributed by atoms with Gasteiger partial charge in [-0.2, -0.15) is 0 Å². The van der Waals surface area contributed by atoms with E-state index in [9.17, 15) is 4.79 Å². The van der Waals surface area contributed by atoms with Crippen LogP contribution >= 0.6 is 0 Å². The number of amides is 1. The molecule has 0 aromatic rings. The molecule has 3 heteroatoms. The minimum Gasteiger partial charge on any atom is -0.318 e. The molecule has 0 unspecified atom stereocenters. The molecule has 15 heavy (non-hydrogen) atoms. The van der Waals surface area contributed by atoms with Crippen molar-refractivity contribution in [2.24, 2.45) is 5.92 Å². The summed E-state index contributed by atoms with van der Waals surface area (Å²) < 4.78 is 0. The minimum atomic E-state index is 0.119. The first-order valence-electron chi connectivity index (χ1n) is 5.56. The van der Waals surface area contributed by atoms with Crippen LogP contribution in [0.3, 0.4) is 0 Å². The Morgan fingerprint density at radius 3 is 2.27 bits per heavy atom. The zero-order valence-electron chi connectivity index (χ0n) is 10.8. The Morgan fingerprint density at radius 1 is 1.40 bits per heavy atom. The quantitative estimate of drug-likeness (QED) is 0.756. The average molecular weight is 212 g/mol. The highest BCUT2D eigenvalue weighted by atomic mass is 16.2. The number of hydrogen-bond acceptors (Lipinski definition) is 2. The van der Waals surface area contributed by atoms with Crippen LogP contribution in [0.5, 0.6) is 0 Å². The van der Waals surface area contributed by atoms with Crippen LogP contribution in [0.4, 0.5) is 0 Å². The average Bonchev–Trinajstić information content (AvgIpc) is 2.17. The predicted octanol–water partition coefficient (Wildman–Crippen LogP) is 2.00. The molecule has 88 valence electrons. The van der Waals surface area contributed by atoms with Crippen molar-refractivity contribution in [1.29, 1.82) is 0 Å². The number of nitrogens with one attached hydrogen (secondary N) is 1. The van der Waals surface area contributed by atoms with E-state index in [1.165, 1.54) is 5.57 Å². The molecule has 0 aliphatic heterocycles. The molecule has 0 spiro atoms. The molecule has 1 N–H and O–H groups in total. The van der Waals surface area contributed by atoms with Gasteiger partial charge in [0.1, 0.15) is 0 Å². The highest BCUT2D eigenvalue weighted by Gasteiger charge is 2.17. The van der Waals surface area contributed by atoms with Gasteiger partial charge in [0.25, 0.3) is 0 Å². The van der Waals surface area contributed by atoms with Gasteiger partial charge < -0.3 is 10.2 Å². The number of allylic oxidation sites excluding steroid dienone is 2. The Hall–Kier alpha value is -0.830. The van der Waals surface area contributed by atoms with Crippen molar-refractivity contribution in [3.05, 3.63) is 11.3 Å². The molecular weight excluding hydrogens is 188 g/mol. The lowest BCUT2D eigenvalue weighted by molar-refractivity contribution is -0.127. The molecule has 0 rings (SSSR count). The van der Waals surface area contributed by atoms with Crippen molar-refractivity contribution >= 4 is 5.91 Å². The van der Waals surface area contributed by atoms with Crippen molar-refractivity contribution in [2.45, 2.75) is 34.1 Å². The van der Waals surface area contributed by atoms with Gasteiger partial charge in [-0.15, -0.1) is 0 Å². The van der Waals surface area contributed by atoms with Gasteiger partial charge in [-0.1, -0.05) is 26.3 Å². The van der Waals surface area contributed by atoms with Gasteiger partial charge in [-0.05, 0) is 26.3 Å². The maximum absolute atomic E-state index is 11.7. The Kier molecular flexibility index (Phi) is 6.25. The maximum Gasteiger partial charge on any atom is 0.240 e. The van der Waals surface area contributed by atoms with Crippen LogP contribution in [0.2, 0.25) is 0 Å². The minimum absolute atomic E-state index is 0.119. The van der Waals surface area contributed by atoms with Crippen LogP contribution < -0.4 is 5.32 Å². The first-order chi connectivity index (χ1) is 6.95. The number of likely N-dealkylation sites (N-methyl/N-ethyl adjacent to an activating group) is 2. The summed E-state index contributed by atoms with van der Waals surface area (Å²) in [5, 5.41) is 2.89. The second kappa shape index (κ2) is 6.62. The zero-order chi connectivity index (χ0) is 12.0. The summed E-state index contributed by atoms with van der Waals surface area (Å²) >= 11 is 0. The lowest BCUT2D eigenvalue weighted by atomic mass is 10.0. The normalized spacial score (nSPS) is 12.7. The monoisotopic (exact) mass is 212 g/mol. The second-order valence-electron chi connectivity index (χ2n) is 4.16. The number of hydrogen-bond donors (Lipinski definition) is 1. The van der Waals surface area contributed by atoms with E-state index in [4.69, 9.17) is 0 Å². The highest BCUT2D eigenvalue weighted by molar-refractivity contribution is 5.79. The predicted molar refractivity (Wildman–Crippen MR) is 64.5 cm³/mol. The van der Waals surface area contributed by atoms with Crippen LogP contribution in [-0.2, 0) is 4.79 Å². The number of carbonyl (C=O) groups is 1. The van der Waals surface area contributed by atoms with E-state index in [1.54, 1.807) is 11.9 Å². The molecule has 1 amide bonds. The van der Waals surface area contributed by atoms with Crippen molar-refractivity contribution in [2.75, 3.05) is 20.6 Å². The molecule has 0 aromatic carbocycles. The molecule has 0 fully saturated rings. The SMILES string of the molecule is CCC(C)=C(C(C)C)N(C)C(=O)CNC.